The number of rotatable bonds is 8. The third kappa shape index (κ3) is 5.20. The summed E-state index contributed by atoms with van der Waals surface area (Å²) in [5.74, 6) is 1.83. The first-order valence-corrected chi connectivity index (χ1v) is 10.4. The molecule has 158 valence electrons. The highest BCUT2D eigenvalue weighted by atomic mass is 16.5. The molecule has 1 saturated heterocycles. The van der Waals surface area contributed by atoms with Gasteiger partial charge in [0.25, 0.3) is 0 Å². The minimum absolute atomic E-state index is 0.0322. The van der Waals surface area contributed by atoms with Crippen LogP contribution < -0.4 is 9.47 Å². The van der Waals surface area contributed by atoms with Crippen LogP contribution in [-0.4, -0.2) is 48.5 Å². The van der Waals surface area contributed by atoms with Crippen LogP contribution >= 0.6 is 0 Å². The first-order chi connectivity index (χ1) is 14.7. The number of aryl methyl sites for hydroxylation is 1. The number of H-pyrrole nitrogens is 1. The summed E-state index contributed by atoms with van der Waals surface area (Å²) in [7, 11) is 1.73. The monoisotopic (exact) mass is 407 g/mol. The number of nitrogens with one attached hydrogen (secondary N) is 1. The second-order valence-electron chi connectivity index (χ2n) is 7.64. The first-order valence-electron chi connectivity index (χ1n) is 10.4. The van der Waals surface area contributed by atoms with Crippen molar-refractivity contribution in [2.75, 3.05) is 33.4 Å². The molecule has 0 spiro atoms. The fourth-order valence-corrected chi connectivity index (χ4v) is 3.72. The Morgan fingerprint density at radius 2 is 2.03 bits per heavy atom. The number of morpholine rings is 1. The molecule has 30 heavy (non-hydrogen) atoms. The molecule has 3 aromatic rings. The minimum Gasteiger partial charge on any atom is -0.496 e. The van der Waals surface area contributed by atoms with Gasteiger partial charge >= 0.3 is 0 Å². The summed E-state index contributed by atoms with van der Waals surface area (Å²) in [6.45, 7) is 5.93. The number of benzene rings is 2. The molecule has 1 aliphatic rings. The van der Waals surface area contributed by atoms with Gasteiger partial charge in [0.05, 0.1) is 26.0 Å². The fraction of sp³-hybridized carbons (Fsp3) is 0.375. The van der Waals surface area contributed by atoms with E-state index in [1.807, 2.05) is 30.3 Å². The van der Waals surface area contributed by atoms with Crippen LogP contribution in [0.25, 0.3) is 0 Å². The molecule has 1 N–H and O–H groups in total. The van der Waals surface area contributed by atoms with Crippen LogP contribution in [-0.2, 0) is 17.7 Å². The Bertz CT molecular complexity index is 942. The minimum atomic E-state index is -0.0322. The summed E-state index contributed by atoms with van der Waals surface area (Å²) in [6, 6.07) is 18.3. The molecular weight excluding hydrogens is 378 g/mol. The lowest BCUT2D eigenvalue weighted by Gasteiger charge is -2.32. The molecule has 0 amide bonds. The van der Waals surface area contributed by atoms with Crippen molar-refractivity contribution in [3.63, 3.8) is 0 Å². The zero-order valence-electron chi connectivity index (χ0n) is 17.6. The zero-order chi connectivity index (χ0) is 20.8. The van der Waals surface area contributed by atoms with Gasteiger partial charge in [-0.3, -0.25) is 10.00 Å². The molecule has 0 saturated carbocycles. The van der Waals surface area contributed by atoms with Gasteiger partial charge in [-0.1, -0.05) is 30.3 Å². The average Bonchev–Trinajstić information content (AvgIpc) is 3.25. The van der Waals surface area contributed by atoms with Crippen LogP contribution in [0.4, 0.5) is 0 Å². The number of para-hydroxylation sites is 1. The molecule has 4 rings (SSSR count). The topological polar surface area (TPSA) is 59.6 Å². The smallest absolute Gasteiger partial charge is 0.123 e. The molecule has 1 aromatic heterocycles. The molecular formula is C24H29N3O3. The number of methoxy groups -OCH3 is 1. The standard InChI is InChI=1S/C24H29N3O3/c1-18-8-9-19(23(14-18)28-2)16-27-11-13-30-24(17-27)22-15-20(25-26-22)10-12-29-21-6-4-3-5-7-21/h3-9,14-15,24H,10-13,16-17H2,1-2H3,(H,25,26). The van der Waals surface area contributed by atoms with Crippen molar-refractivity contribution in [2.24, 2.45) is 0 Å². The van der Waals surface area contributed by atoms with Crippen molar-refractivity contribution >= 4 is 0 Å². The van der Waals surface area contributed by atoms with E-state index in [-0.39, 0.29) is 6.10 Å². The highest BCUT2D eigenvalue weighted by Crippen LogP contribution is 2.26. The van der Waals surface area contributed by atoms with Crippen molar-refractivity contribution in [1.29, 1.82) is 0 Å². The average molecular weight is 408 g/mol. The third-order valence-corrected chi connectivity index (χ3v) is 5.35. The van der Waals surface area contributed by atoms with Crippen molar-refractivity contribution in [3.05, 3.63) is 77.1 Å². The Morgan fingerprint density at radius 1 is 1.17 bits per heavy atom. The third-order valence-electron chi connectivity index (χ3n) is 5.35. The molecule has 6 nitrogen and oxygen atoms in total. The molecule has 1 aliphatic heterocycles. The lowest BCUT2D eigenvalue weighted by molar-refractivity contribution is -0.0351. The summed E-state index contributed by atoms with van der Waals surface area (Å²) in [6.07, 6.45) is 0.744. The maximum absolute atomic E-state index is 6.01. The molecule has 1 unspecified atom stereocenters. The van der Waals surface area contributed by atoms with Crippen LogP contribution in [0.3, 0.4) is 0 Å². The highest BCUT2D eigenvalue weighted by molar-refractivity contribution is 5.37. The highest BCUT2D eigenvalue weighted by Gasteiger charge is 2.25. The van der Waals surface area contributed by atoms with Gasteiger partial charge in [-0.2, -0.15) is 5.10 Å². The Kier molecular flexibility index (Phi) is 6.67. The maximum atomic E-state index is 6.01. The van der Waals surface area contributed by atoms with Gasteiger partial charge in [0, 0.05) is 37.3 Å². The normalized spacial score (nSPS) is 17.1. The fourth-order valence-electron chi connectivity index (χ4n) is 3.72. The second-order valence-corrected chi connectivity index (χ2v) is 7.64. The summed E-state index contributed by atoms with van der Waals surface area (Å²) < 4.78 is 17.4. The zero-order valence-corrected chi connectivity index (χ0v) is 17.6. The van der Waals surface area contributed by atoms with E-state index in [1.165, 1.54) is 11.1 Å². The van der Waals surface area contributed by atoms with Gasteiger partial charge in [0.1, 0.15) is 17.6 Å². The maximum Gasteiger partial charge on any atom is 0.123 e. The molecule has 1 fully saturated rings. The number of aromatic nitrogens is 2. The van der Waals surface area contributed by atoms with Gasteiger partial charge in [0.2, 0.25) is 0 Å². The van der Waals surface area contributed by atoms with E-state index in [9.17, 15) is 0 Å². The Hall–Kier alpha value is -2.83. The van der Waals surface area contributed by atoms with Crippen LogP contribution in [0.5, 0.6) is 11.5 Å². The van der Waals surface area contributed by atoms with Gasteiger partial charge in [-0.25, -0.2) is 0 Å². The number of ether oxygens (including phenoxy) is 3. The second kappa shape index (κ2) is 9.78. The number of hydrogen-bond donors (Lipinski definition) is 1. The predicted molar refractivity (Wildman–Crippen MR) is 116 cm³/mol. The summed E-state index contributed by atoms with van der Waals surface area (Å²) in [4.78, 5) is 2.40. The van der Waals surface area contributed by atoms with E-state index >= 15 is 0 Å². The van der Waals surface area contributed by atoms with E-state index in [0.29, 0.717) is 13.2 Å². The lowest BCUT2D eigenvalue weighted by Crippen LogP contribution is -2.38. The largest absolute Gasteiger partial charge is 0.496 e. The van der Waals surface area contributed by atoms with Crippen LogP contribution in [0.1, 0.15) is 28.6 Å². The van der Waals surface area contributed by atoms with Crippen LogP contribution in [0.15, 0.2) is 54.6 Å². The van der Waals surface area contributed by atoms with Crippen molar-refractivity contribution < 1.29 is 14.2 Å². The quantitative estimate of drug-likeness (QED) is 0.613. The Balaban J connectivity index is 1.32. The molecule has 0 radical (unpaired) electrons. The van der Waals surface area contributed by atoms with Crippen LogP contribution in [0, 0.1) is 6.92 Å². The van der Waals surface area contributed by atoms with Crippen molar-refractivity contribution in [2.45, 2.75) is 26.0 Å². The van der Waals surface area contributed by atoms with E-state index in [0.717, 1.165) is 48.9 Å². The molecule has 2 aromatic carbocycles. The van der Waals surface area contributed by atoms with E-state index in [4.69, 9.17) is 14.2 Å². The summed E-state index contributed by atoms with van der Waals surface area (Å²) in [5, 5.41) is 7.63. The number of hydrogen-bond acceptors (Lipinski definition) is 5. The number of nitrogens with zero attached hydrogens (tertiary/aromatic N) is 2. The lowest BCUT2D eigenvalue weighted by atomic mass is 10.1. The van der Waals surface area contributed by atoms with Gasteiger partial charge < -0.3 is 14.2 Å². The van der Waals surface area contributed by atoms with Gasteiger partial charge in [0.15, 0.2) is 0 Å². The SMILES string of the molecule is COc1cc(C)ccc1CN1CCOC(c2cc(CCOc3ccccc3)[nH]n2)C1. The van der Waals surface area contributed by atoms with E-state index < -0.39 is 0 Å². The van der Waals surface area contributed by atoms with E-state index in [2.05, 4.69) is 46.3 Å². The van der Waals surface area contributed by atoms with Crippen molar-refractivity contribution in [3.8, 4) is 11.5 Å². The summed E-state index contributed by atoms with van der Waals surface area (Å²) >= 11 is 0. The summed E-state index contributed by atoms with van der Waals surface area (Å²) in [5.41, 5.74) is 4.41. The predicted octanol–water partition coefficient (Wildman–Crippen LogP) is 3.92. The van der Waals surface area contributed by atoms with Crippen molar-refractivity contribution in [1.82, 2.24) is 15.1 Å². The molecule has 6 heteroatoms. The molecule has 0 bridgehead atoms. The molecule has 1 atom stereocenters. The Morgan fingerprint density at radius 3 is 2.87 bits per heavy atom. The van der Waals surface area contributed by atoms with Gasteiger partial charge in [-0.05, 0) is 36.8 Å². The molecule has 0 aliphatic carbocycles. The Labute approximate surface area is 177 Å². The first kappa shape index (κ1) is 20.4. The van der Waals surface area contributed by atoms with Gasteiger partial charge in [-0.15, -0.1) is 0 Å². The van der Waals surface area contributed by atoms with Crippen LogP contribution in [0.2, 0.25) is 0 Å². The van der Waals surface area contributed by atoms with E-state index in [1.54, 1.807) is 7.11 Å². The molecule has 2 heterocycles. The number of aromatic amines is 1.